The fourth-order valence-electron chi connectivity index (χ4n) is 4.80. The van der Waals surface area contributed by atoms with E-state index in [1.807, 2.05) is 13.8 Å². The molecule has 0 saturated carbocycles. The van der Waals surface area contributed by atoms with Gasteiger partial charge in [-0.1, -0.05) is 96.5 Å². The molecule has 0 bridgehead atoms. The van der Waals surface area contributed by atoms with Gasteiger partial charge in [0, 0.05) is 23.7 Å². The van der Waals surface area contributed by atoms with Gasteiger partial charge in [-0.15, -0.1) is 0 Å². The average Bonchev–Trinajstić information content (AvgIpc) is 2.94. The Labute approximate surface area is 244 Å². The van der Waals surface area contributed by atoms with E-state index in [1.165, 1.54) is 77.0 Å². The van der Waals surface area contributed by atoms with Gasteiger partial charge in [0.1, 0.15) is 6.04 Å². The summed E-state index contributed by atoms with van der Waals surface area (Å²) in [6.45, 7) is 7.20. The number of carbonyl (C=O) groups is 3. The van der Waals surface area contributed by atoms with E-state index in [-0.39, 0.29) is 23.8 Å². The fourth-order valence-corrected chi connectivity index (χ4v) is 4.80. The van der Waals surface area contributed by atoms with Crippen LogP contribution < -0.4 is 21.7 Å². The van der Waals surface area contributed by atoms with Crippen LogP contribution in [-0.2, 0) is 4.79 Å². The Morgan fingerprint density at radius 2 is 1.20 bits per heavy atom. The van der Waals surface area contributed by atoms with Crippen LogP contribution >= 0.6 is 0 Å². The topological polar surface area (TPSA) is 113 Å². The van der Waals surface area contributed by atoms with Gasteiger partial charge >= 0.3 is 0 Å². The van der Waals surface area contributed by atoms with Crippen LogP contribution in [0.25, 0.3) is 0 Å². The number of hydrogen-bond acceptors (Lipinski definition) is 4. The number of hydrogen-bond donors (Lipinski definition) is 4. The lowest BCUT2D eigenvalue weighted by molar-refractivity contribution is -0.123. The van der Waals surface area contributed by atoms with Crippen LogP contribution in [-0.4, -0.2) is 42.9 Å². The van der Waals surface area contributed by atoms with Crippen molar-refractivity contribution in [1.29, 1.82) is 0 Å². The highest BCUT2D eigenvalue weighted by atomic mass is 16.2. The van der Waals surface area contributed by atoms with E-state index in [2.05, 4.69) is 22.9 Å². The highest BCUT2D eigenvalue weighted by Crippen LogP contribution is 2.13. The number of carbonyl (C=O) groups excluding carboxylic acids is 3. The highest BCUT2D eigenvalue weighted by Gasteiger charge is 2.21. The van der Waals surface area contributed by atoms with Crippen LogP contribution in [0.5, 0.6) is 0 Å². The van der Waals surface area contributed by atoms with Crippen molar-refractivity contribution >= 4 is 17.7 Å². The summed E-state index contributed by atoms with van der Waals surface area (Å²) in [7, 11) is 0. The zero-order valence-electron chi connectivity index (χ0n) is 25.7. The third kappa shape index (κ3) is 17.3. The number of benzene rings is 1. The molecule has 5 N–H and O–H groups in total. The second-order valence-corrected chi connectivity index (χ2v) is 11.4. The lowest BCUT2D eigenvalue weighted by atomic mass is 10.0. The van der Waals surface area contributed by atoms with Crippen molar-refractivity contribution in [3.8, 4) is 0 Å². The Morgan fingerprint density at radius 1 is 0.700 bits per heavy atom. The first kappa shape index (κ1) is 35.6. The number of nitrogens with one attached hydrogen (secondary N) is 3. The zero-order valence-corrected chi connectivity index (χ0v) is 25.7. The molecule has 1 atom stereocenters. The van der Waals surface area contributed by atoms with E-state index in [0.29, 0.717) is 30.6 Å². The van der Waals surface area contributed by atoms with Crippen molar-refractivity contribution in [2.45, 2.75) is 142 Å². The molecule has 0 aliphatic carbocycles. The van der Waals surface area contributed by atoms with Gasteiger partial charge in [0.25, 0.3) is 11.8 Å². The van der Waals surface area contributed by atoms with Crippen molar-refractivity contribution in [3.63, 3.8) is 0 Å². The molecule has 7 heteroatoms. The van der Waals surface area contributed by atoms with E-state index in [9.17, 15) is 14.4 Å². The molecule has 1 aromatic carbocycles. The molecule has 228 valence electrons. The van der Waals surface area contributed by atoms with E-state index in [0.717, 1.165) is 25.7 Å². The molecule has 0 radical (unpaired) electrons. The monoisotopic (exact) mass is 558 g/mol. The molecule has 0 aromatic heterocycles. The molecule has 0 spiro atoms. The molecular weight excluding hydrogens is 500 g/mol. The molecule has 0 aliphatic rings. The largest absolute Gasteiger partial charge is 0.354 e. The van der Waals surface area contributed by atoms with E-state index in [4.69, 9.17) is 5.73 Å². The molecular formula is C33H58N4O3. The van der Waals surface area contributed by atoms with Gasteiger partial charge in [-0.05, 0) is 64.3 Å². The van der Waals surface area contributed by atoms with Crippen molar-refractivity contribution in [1.82, 2.24) is 16.0 Å². The van der Waals surface area contributed by atoms with Crippen molar-refractivity contribution in [2.75, 3.05) is 13.1 Å². The van der Waals surface area contributed by atoms with Crippen LogP contribution in [0, 0.1) is 0 Å². The SMILES string of the molecule is CCCCCCCCCCCCCCCCNC(=O)[C@H](CCCCN)NC(=O)c1cccc(C(=O)NC(C)C)c1. The third-order valence-electron chi connectivity index (χ3n) is 7.21. The van der Waals surface area contributed by atoms with E-state index < -0.39 is 6.04 Å². The normalized spacial score (nSPS) is 11.8. The first-order chi connectivity index (χ1) is 19.4. The number of nitrogens with two attached hydrogens (primary N) is 1. The maximum Gasteiger partial charge on any atom is 0.251 e. The summed E-state index contributed by atoms with van der Waals surface area (Å²) < 4.78 is 0. The van der Waals surface area contributed by atoms with Gasteiger partial charge in [-0.3, -0.25) is 14.4 Å². The highest BCUT2D eigenvalue weighted by molar-refractivity contribution is 6.01. The molecule has 0 saturated heterocycles. The average molecular weight is 559 g/mol. The predicted molar refractivity (Wildman–Crippen MR) is 167 cm³/mol. The molecule has 7 nitrogen and oxygen atoms in total. The first-order valence-electron chi connectivity index (χ1n) is 16.1. The quantitative estimate of drug-likeness (QED) is 0.106. The molecule has 40 heavy (non-hydrogen) atoms. The maximum atomic E-state index is 13.0. The van der Waals surface area contributed by atoms with Gasteiger partial charge in [-0.25, -0.2) is 0 Å². The molecule has 0 heterocycles. The standard InChI is InChI=1S/C33H58N4O3/c1-4-5-6-7-8-9-10-11-12-13-14-15-16-19-25-35-33(40)30(23-17-18-24-34)37-32(39)29-22-20-21-28(26-29)31(38)36-27(2)3/h20-22,26-27,30H,4-19,23-25,34H2,1-3H3,(H,35,40)(H,36,38)(H,37,39)/t30-/m0/s1. The first-order valence-corrected chi connectivity index (χ1v) is 16.1. The van der Waals surface area contributed by atoms with Crippen LogP contribution in [0.1, 0.15) is 151 Å². The Bertz CT molecular complexity index is 828. The molecule has 0 fully saturated rings. The summed E-state index contributed by atoms with van der Waals surface area (Å²) in [5.41, 5.74) is 6.42. The molecule has 1 rings (SSSR count). The maximum absolute atomic E-state index is 13.0. The minimum absolute atomic E-state index is 0.000296. The summed E-state index contributed by atoms with van der Waals surface area (Å²) in [5.74, 6) is -0.743. The van der Waals surface area contributed by atoms with Gasteiger partial charge < -0.3 is 21.7 Å². The predicted octanol–water partition coefficient (Wildman–Crippen LogP) is 6.65. The summed E-state index contributed by atoms with van der Waals surface area (Å²) >= 11 is 0. The molecule has 0 aliphatic heterocycles. The minimum Gasteiger partial charge on any atom is -0.354 e. The number of amides is 3. The van der Waals surface area contributed by atoms with Crippen molar-refractivity contribution < 1.29 is 14.4 Å². The minimum atomic E-state index is -0.626. The van der Waals surface area contributed by atoms with Crippen LogP contribution in [0.3, 0.4) is 0 Å². The number of unbranched alkanes of at least 4 members (excludes halogenated alkanes) is 14. The van der Waals surface area contributed by atoms with Gasteiger partial charge in [-0.2, -0.15) is 0 Å². The lowest BCUT2D eigenvalue weighted by Gasteiger charge is -2.19. The molecule has 0 unspecified atom stereocenters. The Kier molecular flexibility index (Phi) is 20.8. The Balaban J connectivity index is 2.34. The van der Waals surface area contributed by atoms with Crippen LogP contribution in [0.2, 0.25) is 0 Å². The number of rotatable bonds is 24. The zero-order chi connectivity index (χ0) is 29.4. The third-order valence-corrected chi connectivity index (χ3v) is 7.21. The van der Waals surface area contributed by atoms with Crippen LogP contribution in [0.15, 0.2) is 24.3 Å². The smallest absolute Gasteiger partial charge is 0.251 e. The molecule has 3 amide bonds. The second kappa shape index (κ2) is 23.3. The summed E-state index contributed by atoms with van der Waals surface area (Å²) in [6.07, 6.45) is 20.2. The van der Waals surface area contributed by atoms with Crippen LogP contribution in [0.4, 0.5) is 0 Å². The van der Waals surface area contributed by atoms with E-state index in [1.54, 1.807) is 24.3 Å². The lowest BCUT2D eigenvalue weighted by Crippen LogP contribution is -2.47. The Morgan fingerprint density at radius 3 is 1.70 bits per heavy atom. The summed E-state index contributed by atoms with van der Waals surface area (Å²) in [5, 5.41) is 8.72. The van der Waals surface area contributed by atoms with Gasteiger partial charge in [0.2, 0.25) is 5.91 Å². The van der Waals surface area contributed by atoms with Gasteiger partial charge in [0.05, 0.1) is 0 Å². The Hall–Kier alpha value is -2.41. The molecule has 1 aromatic rings. The van der Waals surface area contributed by atoms with E-state index >= 15 is 0 Å². The second-order valence-electron chi connectivity index (χ2n) is 11.4. The fraction of sp³-hybridized carbons (Fsp3) is 0.727. The van der Waals surface area contributed by atoms with Gasteiger partial charge in [0.15, 0.2) is 0 Å². The van der Waals surface area contributed by atoms with Crippen molar-refractivity contribution in [3.05, 3.63) is 35.4 Å². The summed E-state index contributed by atoms with van der Waals surface area (Å²) in [6, 6.07) is 5.96. The summed E-state index contributed by atoms with van der Waals surface area (Å²) in [4.78, 5) is 38.2. The van der Waals surface area contributed by atoms with Crippen molar-refractivity contribution in [2.24, 2.45) is 5.73 Å².